The topological polar surface area (TPSA) is 41.1 Å². The van der Waals surface area contributed by atoms with E-state index >= 15 is 0 Å². The third kappa shape index (κ3) is 6.06. The standard InChI is InChI=1S/C22H29ClN4O2/c23-20-4-5-22(24-17-20)27-8-6-26(7-9-27)18-19-2-1-3-21(16-19)29-15-12-25-10-13-28-14-11-25/h1-5,16-17H,6-15,18H2. The second-order valence-corrected chi connectivity index (χ2v) is 7.98. The van der Waals surface area contributed by atoms with Crippen LogP contribution in [0.2, 0.25) is 5.02 Å². The van der Waals surface area contributed by atoms with Crippen molar-refractivity contribution in [3.05, 3.63) is 53.2 Å². The van der Waals surface area contributed by atoms with E-state index in [0.29, 0.717) is 5.02 Å². The lowest BCUT2D eigenvalue weighted by Gasteiger charge is -2.35. The zero-order valence-corrected chi connectivity index (χ0v) is 17.6. The van der Waals surface area contributed by atoms with E-state index in [2.05, 4.69) is 37.9 Å². The third-order valence-electron chi connectivity index (χ3n) is 5.49. The van der Waals surface area contributed by atoms with Gasteiger partial charge in [-0.25, -0.2) is 4.98 Å². The molecule has 156 valence electrons. The van der Waals surface area contributed by atoms with Gasteiger partial charge in [0.15, 0.2) is 0 Å². The highest BCUT2D eigenvalue weighted by Gasteiger charge is 2.18. The maximum Gasteiger partial charge on any atom is 0.128 e. The number of benzene rings is 1. The lowest BCUT2D eigenvalue weighted by atomic mass is 10.2. The number of halogens is 1. The van der Waals surface area contributed by atoms with E-state index in [1.165, 1.54) is 5.56 Å². The quantitative estimate of drug-likeness (QED) is 0.691. The number of aromatic nitrogens is 1. The Labute approximate surface area is 178 Å². The van der Waals surface area contributed by atoms with E-state index in [1.807, 2.05) is 18.2 Å². The fourth-order valence-electron chi connectivity index (χ4n) is 3.80. The number of pyridine rings is 1. The van der Waals surface area contributed by atoms with Crippen LogP contribution in [0.4, 0.5) is 5.82 Å². The molecule has 0 spiro atoms. The molecule has 0 aliphatic carbocycles. The van der Waals surface area contributed by atoms with E-state index in [4.69, 9.17) is 21.1 Å². The van der Waals surface area contributed by atoms with Crippen LogP contribution in [0.25, 0.3) is 0 Å². The summed E-state index contributed by atoms with van der Waals surface area (Å²) in [6.07, 6.45) is 1.72. The number of hydrogen-bond donors (Lipinski definition) is 0. The molecule has 2 aromatic rings. The molecule has 2 fully saturated rings. The molecule has 3 heterocycles. The van der Waals surface area contributed by atoms with E-state index in [9.17, 15) is 0 Å². The van der Waals surface area contributed by atoms with Crippen molar-refractivity contribution < 1.29 is 9.47 Å². The second kappa shape index (κ2) is 10.3. The Bertz CT molecular complexity index is 760. The summed E-state index contributed by atoms with van der Waals surface area (Å²) in [5, 5.41) is 0.680. The second-order valence-electron chi connectivity index (χ2n) is 7.55. The van der Waals surface area contributed by atoms with Crippen LogP contribution >= 0.6 is 11.6 Å². The fourth-order valence-corrected chi connectivity index (χ4v) is 3.91. The van der Waals surface area contributed by atoms with Crippen LogP contribution < -0.4 is 9.64 Å². The Kier molecular flexibility index (Phi) is 7.22. The SMILES string of the molecule is Clc1ccc(N2CCN(Cc3cccc(OCCN4CCOCC4)c3)CC2)nc1. The maximum absolute atomic E-state index is 5.99. The molecule has 6 nitrogen and oxygen atoms in total. The van der Waals surface area contributed by atoms with Gasteiger partial charge in [-0.2, -0.15) is 0 Å². The molecule has 0 amide bonds. The number of ether oxygens (including phenoxy) is 2. The first-order valence-electron chi connectivity index (χ1n) is 10.4. The first-order valence-corrected chi connectivity index (χ1v) is 10.7. The van der Waals surface area contributed by atoms with Crippen molar-refractivity contribution in [2.24, 2.45) is 0 Å². The van der Waals surface area contributed by atoms with Crippen LogP contribution in [0, 0.1) is 0 Å². The average molecular weight is 417 g/mol. The van der Waals surface area contributed by atoms with Gasteiger partial charge in [0.25, 0.3) is 0 Å². The summed E-state index contributed by atoms with van der Waals surface area (Å²) in [5.41, 5.74) is 1.30. The molecule has 0 radical (unpaired) electrons. The van der Waals surface area contributed by atoms with Crippen LogP contribution in [-0.2, 0) is 11.3 Å². The monoisotopic (exact) mass is 416 g/mol. The van der Waals surface area contributed by atoms with Crippen LogP contribution in [-0.4, -0.2) is 80.4 Å². The van der Waals surface area contributed by atoms with Crippen molar-refractivity contribution in [1.82, 2.24) is 14.8 Å². The average Bonchev–Trinajstić information content (AvgIpc) is 2.76. The predicted octanol–water partition coefficient (Wildman–Crippen LogP) is 2.77. The highest BCUT2D eigenvalue weighted by molar-refractivity contribution is 6.30. The van der Waals surface area contributed by atoms with Crippen molar-refractivity contribution in [3.8, 4) is 5.75 Å². The third-order valence-corrected chi connectivity index (χ3v) is 5.72. The van der Waals surface area contributed by atoms with Gasteiger partial charge in [-0.15, -0.1) is 0 Å². The molecule has 2 aliphatic rings. The number of piperazine rings is 1. The van der Waals surface area contributed by atoms with Gasteiger partial charge in [-0.1, -0.05) is 23.7 Å². The van der Waals surface area contributed by atoms with Crippen LogP contribution in [0.3, 0.4) is 0 Å². The van der Waals surface area contributed by atoms with Crippen molar-refractivity contribution in [3.63, 3.8) is 0 Å². The molecule has 1 aromatic heterocycles. The summed E-state index contributed by atoms with van der Waals surface area (Å²) >= 11 is 5.94. The molecule has 2 saturated heterocycles. The maximum atomic E-state index is 5.99. The van der Waals surface area contributed by atoms with Crippen molar-refractivity contribution in [2.45, 2.75) is 6.54 Å². The lowest BCUT2D eigenvalue weighted by Crippen LogP contribution is -2.46. The highest BCUT2D eigenvalue weighted by atomic mass is 35.5. The highest BCUT2D eigenvalue weighted by Crippen LogP contribution is 2.19. The predicted molar refractivity (Wildman–Crippen MR) is 116 cm³/mol. The molecule has 2 aliphatic heterocycles. The summed E-state index contributed by atoms with van der Waals surface area (Å²) in [7, 11) is 0. The molecule has 0 bridgehead atoms. The molecule has 0 unspecified atom stereocenters. The zero-order valence-electron chi connectivity index (χ0n) is 16.8. The number of hydrogen-bond acceptors (Lipinski definition) is 6. The summed E-state index contributed by atoms with van der Waals surface area (Å²) in [6.45, 7) is 10.3. The van der Waals surface area contributed by atoms with E-state index < -0.39 is 0 Å². The molecule has 0 saturated carbocycles. The summed E-state index contributed by atoms with van der Waals surface area (Å²) in [6, 6.07) is 12.4. The van der Waals surface area contributed by atoms with Crippen molar-refractivity contribution in [2.75, 3.05) is 70.5 Å². The Balaban J connectivity index is 1.22. The van der Waals surface area contributed by atoms with Crippen LogP contribution in [0.15, 0.2) is 42.6 Å². The van der Waals surface area contributed by atoms with E-state index in [1.54, 1.807) is 6.20 Å². The van der Waals surface area contributed by atoms with Crippen LogP contribution in [0.1, 0.15) is 5.56 Å². The molecular weight excluding hydrogens is 388 g/mol. The normalized spacial score (nSPS) is 18.7. The minimum atomic E-state index is 0.680. The van der Waals surface area contributed by atoms with Crippen molar-refractivity contribution >= 4 is 17.4 Å². The first-order chi connectivity index (χ1) is 14.3. The number of morpholine rings is 1. The van der Waals surface area contributed by atoms with E-state index in [0.717, 1.165) is 83.7 Å². The Morgan fingerprint density at radius 1 is 0.966 bits per heavy atom. The molecule has 0 atom stereocenters. The summed E-state index contributed by atoms with van der Waals surface area (Å²) in [4.78, 5) is 11.6. The minimum absolute atomic E-state index is 0.680. The summed E-state index contributed by atoms with van der Waals surface area (Å²) < 4.78 is 11.4. The number of anilines is 1. The van der Waals surface area contributed by atoms with Gasteiger partial charge >= 0.3 is 0 Å². The Hall–Kier alpha value is -1.86. The van der Waals surface area contributed by atoms with Gasteiger partial charge in [-0.3, -0.25) is 9.80 Å². The smallest absolute Gasteiger partial charge is 0.128 e. The molecule has 1 aromatic carbocycles. The van der Waals surface area contributed by atoms with Crippen LogP contribution in [0.5, 0.6) is 5.75 Å². The van der Waals surface area contributed by atoms with Gasteiger partial charge in [-0.05, 0) is 29.8 Å². The molecule has 29 heavy (non-hydrogen) atoms. The van der Waals surface area contributed by atoms with Gasteiger partial charge in [0.2, 0.25) is 0 Å². The molecule has 4 rings (SSSR count). The minimum Gasteiger partial charge on any atom is -0.492 e. The molecular formula is C22H29ClN4O2. The van der Waals surface area contributed by atoms with Gasteiger partial charge in [0.05, 0.1) is 18.2 Å². The fraction of sp³-hybridized carbons (Fsp3) is 0.500. The molecule has 0 N–H and O–H groups in total. The lowest BCUT2D eigenvalue weighted by molar-refractivity contribution is 0.0322. The Morgan fingerprint density at radius 3 is 2.55 bits per heavy atom. The summed E-state index contributed by atoms with van der Waals surface area (Å²) in [5.74, 6) is 1.96. The number of nitrogens with zero attached hydrogens (tertiary/aromatic N) is 4. The first kappa shape index (κ1) is 20.4. The van der Waals surface area contributed by atoms with Gasteiger partial charge in [0, 0.05) is 58.6 Å². The Morgan fingerprint density at radius 2 is 1.79 bits per heavy atom. The largest absolute Gasteiger partial charge is 0.492 e. The van der Waals surface area contributed by atoms with E-state index in [-0.39, 0.29) is 0 Å². The van der Waals surface area contributed by atoms with Crippen molar-refractivity contribution in [1.29, 1.82) is 0 Å². The number of rotatable bonds is 7. The zero-order chi connectivity index (χ0) is 19.9. The molecule has 7 heteroatoms. The van der Waals surface area contributed by atoms with Gasteiger partial charge < -0.3 is 14.4 Å². The van der Waals surface area contributed by atoms with Gasteiger partial charge in [0.1, 0.15) is 18.2 Å².